The lowest BCUT2D eigenvalue weighted by atomic mass is 10.1. The van der Waals surface area contributed by atoms with E-state index >= 15 is 0 Å². The molecule has 0 radical (unpaired) electrons. The molecule has 2 aromatic rings. The van der Waals surface area contributed by atoms with Crippen molar-refractivity contribution in [2.75, 3.05) is 0 Å². The standard InChI is InChI=1S/C16H17ClN2O/c1-10-7-13(8-11(2)15(10)17)20-9-12-5-3-4-6-14(12)16(18)19/h3-8H,9H2,1-2H3,(H3,18,19). The van der Waals surface area contributed by atoms with Crippen LogP contribution in [0.25, 0.3) is 0 Å². The first-order valence-corrected chi connectivity index (χ1v) is 6.68. The van der Waals surface area contributed by atoms with Gasteiger partial charge in [-0.1, -0.05) is 35.9 Å². The van der Waals surface area contributed by atoms with Gasteiger partial charge in [0, 0.05) is 16.1 Å². The molecule has 0 aliphatic rings. The number of nitrogen functional groups attached to an aromatic ring is 1. The van der Waals surface area contributed by atoms with Crippen molar-refractivity contribution in [1.29, 1.82) is 5.41 Å². The fourth-order valence-electron chi connectivity index (χ4n) is 2.06. The number of amidine groups is 1. The number of hydrogen-bond donors (Lipinski definition) is 2. The first-order chi connectivity index (χ1) is 9.49. The molecule has 0 saturated carbocycles. The predicted molar refractivity (Wildman–Crippen MR) is 82.7 cm³/mol. The van der Waals surface area contributed by atoms with Crippen molar-refractivity contribution in [3.63, 3.8) is 0 Å². The van der Waals surface area contributed by atoms with Gasteiger partial charge in [-0.3, -0.25) is 5.41 Å². The molecule has 4 heteroatoms. The lowest BCUT2D eigenvalue weighted by Gasteiger charge is -2.12. The average Bonchev–Trinajstić information content (AvgIpc) is 2.42. The first-order valence-electron chi connectivity index (χ1n) is 6.31. The van der Waals surface area contributed by atoms with Gasteiger partial charge in [0.05, 0.1) is 0 Å². The topological polar surface area (TPSA) is 59.1 Å². The van der Waals surface area contributed by atoms with E-state index in [2.05, 4.69) is 0 Å². The van der Waals surface area contributed by atoms with Gasteiger partial charge in [0.2, 0.25) is 0 Å². The summed E-state index contributed by atoms with van der Waals surface area (Å²) >= 11 is 6.13. The summed E-state index contributed by atoms with van der Waals surface area (Å²) < 4.78 is 5.79. The van der Waals surface area contributed by atoms with Crippen LogP contribution in [0.5, 0.6) is 5.75 Å². The summed E-state index contributed by atoms with van der Waals surface area (Å²) in [6.45, 7) is 4.27. The Morgan fingerprint density at radius 3 is 2.40 bits per heavy atom. The molecule has 0 saturated heterocycles. The summed E-state index contributed by atoms with van der Waals surface area (Å²) in [5.41, 5.74) is 9.13. The third kappa shape index (κ3) is 3.11. The van der Waals surface area contributed by atoms with E-state index < -0.39 is 0 Å². The van der Waals surface area contributed by atoms with E-state index in [0.29, 0.717) is 12.2 Å². The van der Waals surface area contributed by atoms with Crippen molar-refractivity contribution in [2.24, 2.45) is 5.73 Å². The zero-order valence-electron chi connectivity index (χ0n) is 11.5. The molecule has 0 atom stereocenters. The minimum Gasteiger partial charge on any atom is -0.489 e. The number of benzene rings is 2. The Labute approximate surface area is 123 Å². The zero-order chi connectivity index (χ0) is 14.7. The van der Waals surface area contributed by atoms with Gasteiger partial charge in [-0.25, -0.2) is 0 Å². The van der Waals surface area contributed by atoms with Crippen LogP contribution < -0.4 is 10.5 Å². The molecule has 0 aliphatic heterocycles. The smallest absolute Gasteiger partial charge is 0.123 e. The highest BCUT2D eigenvalue weighted by Gasteiger charge is 2.07. The number of nitrogens with one attached hydrogen (secondary N) is 1. The highest BCUT2D eigenvalue weighted by atomic mass is 35.5. The molecular formula is C16H17ClN2O. The van der Waals surface area contributed by atoms with Crippen LogP contribution in [0.15, 0.2) is 36.4 Å². The van der Waals surface area contributed by atoms with Gasteiger partial charge in [-0.05, 0) is 37.1 Å². The second kappa shape index (κ2) is 5.97. The Bertz CT molecular complexity index is 630. The zero-order valence-corrected chi connectivity index (χ0v) is 12.3. The first kappa shape index (κ1) is 14.4. The minimum absolute atomic E-state index is 0.0488. The second-order valence-corrected chi connectivity index (χ2v) is 5.11. The lowest BCUT2D eigenvalue weighted by Crippen LogP contribution is -2.14. The Hall–Kier alpha value is -2.00. The largest absolute Gasteiger partial charge is 0.489 e. The van der Waals surface area contributed by atoms with Crippen LogP contribution in [0, 0.1) is 19.3 Å². The molecule has 0 bridgehead atoms. The molecule has 0 fully saturated rings. The molecule has 20 heavy (non-hydrogen) atoms. The van der Waals surface area contributed by atoms with Gasteiger partial charge in [0.1, 0.15) is 18.2 Å². The Kier molecular flexibility index (Phi) is 4.30. The number of hydrogen-bond acceptors (Lipinski definition) is 2. The second-order valence-electron chi connectivity index (χ2n) is 4.73. The number of halogens is 1. The van der Waals surface area contributed by atoms with E-state index in [-0.39, 0.29) is 5.84 Å². The minimum atomic E-state index is 0.0488. The van der Waals surface area contributed by atoms with Crippen LogP contribution in [0.3, 0.4) is 0 Å². The van der Waals surface area contributed by atoms with Crippen molar-refractivity contribution in [3.8, 4) is 5.75 Å². The van der Waals surface area contributed by atoms with Gasteiger partial charge in [0.25, 0.3) is 0 Å². The maximum absolute atomic E-state index is 7.56. The van der Waals surface area contributed by atoms with Gasteiger partial charge >= 0.3 is 0 Å². The van der Waals surface area contributed by atoms with Gasteiger partial charge < -0.3 is 10.5 Å². The lowest BCUT2D eigenvalue weighted by molar-refractivity contribution is 0.305. The molecule has 3 N–H and O–H groups in total. The summed E-state index contributed by atoms with van der Waals surface area (Å²) in [4.78, 5) is 0. The Morgan fingerprint density at radius 2 is 1.80 bits per heavy atom. The Balaban J connectivity index is 2.19. The molecule has 0 unspecified atom stereocenters. The molecule has 2 rings (SSSR count). The molecule has 2 aromatic carbocycles. The fraction of sp³-hybridized carbons (Fsp3) is 0.188. The fourth-order valence-corrected chi connectivity index (χ4v) is 2.17. The van der Waals surface area contributed by atoms with Gasteiger partial charge in [-0.15, -0.1) is 0 Å². The molecule has 0 aliphatic carbocycles. The van der Waals surface area contributed by atoms with Crippen LogP contribution in [-0.4, -0.2) is 5.84 Å². The van der Waals surface area contributed by atoms with Gasteiger partial charge in [0.15, 0.2) is 0 Å². The van der Waals surface area contributed by atoms with E-state index in [9.17, 15) is 0 Å². The number of aryl methyl sites for hydroxylation is 2. The predicted octanol–water partition coefficient (Wildman–Crippen LogP) is 3.82. The summed E-state index contributed by atoms with van der Waals surface area (Å²) in [5, 5.41) is 8.33. The van der Waals surface area contributed by atoms with Crippen molar-refractivity contribution in [1.82, 2.24) is 0 Å². The number of ether oxygens (including phenoxy) is 1. The van der Waals surface area contributed by atoms with E-state index in [4.69, 9.17) is 27.5 Å². The van der Waals surface area contributed by atoms with Crippen LogP contribution in [0.2, 0.25) is 5.02 Å². The van der Waals surface area contributed by atoms with Gasteiger partial charge in [-0.2, -0.15) is 0 Å². The summed E-state index contributed by atoms with van der Waals surface area (Å²) in [7, 11) is 0. The van der Waals surface area contributed by atoms with Crippen LogP contribution in [0.1, 0.15) is 22.3 Å². The van der Waals surface area contributed by atoms with Crippen LogP contribution in [0.4, 0.5) is 0 Å². The van der Waals surface area contributed by atoms with Crippen molar-refractivity contribution in [2.45, 2.75) is 20.5 Å². The molecule has 104 valence electrons. The monoisotopic (exact) mass is 288 g/mol. The molecular weight excluding hydrogens is 272 g/mol. The van der Waals surface area contributed by atoms with Crippen molar-refractivity contribution in [3.05, 3.63) is 63.7 Å². The quantitative estimate of drug-likeness (QED) is 0.664. The van der Waals surface area contributed by atoms with E-state index in [1.165, 1.54) is 0 Å². The van der Waals surface area contributed by atoms with E-state index in [0.717, 1.165) is 27.5 Å². The highest BCUT2D eigenvalue weighted by molar-refractivity contribution is 6.32. The van der Waals surface area contributed by atoms with Crippen LogP contribution in [-0.2, 0) is 6.61 Å². The third-order valence-corrected chi connectivity index (χ3v) is 3.71. The summed E-state index contributed by atoms with van der Waals surface area (Å²) in [5.74, 6) is 0.815. The van der Waals surface area contributed by atoms with E-state index in [1.54, 1.807) is 0 Å². The highest BCUT2D eigenvalue weighted by Crippen LogP contribution is 2.26. The average molecular weight is 289 g/mol. The summed E-state index contributed by atoms with van der Waals surface area (Å²) in [6.07, 6.45) is 0. The third-order valence-electron chi connectivity index (χ3n) is 3.11. The summed E-state index contributed by atoms with van der Waals surface area (Å²) in [6, 6.07) is 11.3. The maximum atomic E-state index is 7.56. The number of nitrogens with two attached hydrogens (primary N) is 1. The maximum Gasteiger partial charge on any atom is 0.123 e. The Morgan fingerprint density at radius 1 is 1.20 bits per heavy atom. The molecule has 3 nitrogen and oxygen atoms in total. The SMILES string of the molecule is Cc1cc(OCc2ccccc2C(=N)N)cc(C)c1Cl. The number of rotatable bonds is 4. The molecule has 0 amide bonds. The van der Waals surface area contributed by atoms with Crippen LogP contribution >= 0.6 is 11.6 Å². The van der Waals surface area contributed by atoms with Crippen molar-refractivity contribution >= 4 is 17.4 Å². The molecule has 0 aromatic heterocycles. The van der Waals surface area contributed by atoms with Crippen molar-refractivity contribution < 1.29 is 4.74 Å². The normalized spacial score (nSPS) is 10.3. The molecule has 0 spiro atoms. The molecule has 0 heterocycles. The van der Waals surface area contributed by atoms with E-state index in [1.807, 2.05) is 50.2 Å².